The second kappa shape index (κ2) is 5.81. The van der Waals surface area contributed by atoms with Gasteiger partial charge in [-0.15, -0.1) is 0 Å². The first-order chi connectivity index (χ1) is 9.10. The Bertz CT molecular complexity index is 620. The summed E-state index contributed by atoms with van der Waals surface area (Å²) in [5.41, 5.74) is 1.50. The number of anilines is 1. The Labute approximate surface area is 119 Å². The van der Waals surface area contributed by atoms with Gasteiger partial charge in [0.25, 0.3) is 0 Å². The van der Waals surface area contributed by atoms with Crippen LogP contribution in [0.4, 0.5) is 10.2 Å². The maximum atomic E-state index is 13.0. The summed E-state index contributed by atoms with van der Waals surface area (Å²) in [6.07, 6.45) is 1.53. The number of halogens is 2. The summed E-state index contributed by atoms with van der Waals surface area (Å²) < 4.78 is 13.7. The van der Waals surface area contributed by atoms with Crippen LogP contribution in [0.1, 0.15) is 11.1 Å². The molecule has 0 atom stereocenters. The van der Waals surface area contributed by atoms with Crippen LogP contribution in [0.25, 0.3) is 0 Å². The van der Waals surface area contributed by atoms with Crippen LogP contribution in [0, 0.1) is 17.1 Å². The van der Waals surface area contributed by atoms with E-state index in [-0.39, 0.29) is 5.82 Å². The van der Waals surface area contributed by atoms with Gasteiger partial charge in [0.15, 0.2) is 0 Å². The summed E-state index contributed by atoms with van der Waals surface area (Å²) in [5.74, 6) is 0.491. The molecule has 0 amide bonds. The van der Waals surface area contributed by atoms with Gasteiger partial charge >= 0.3 is 0 Å². The zero-order valence-corrected chi connectivity index (χ0v) is 11.9. The molecule has 19 heavy (non-hydrogen) atoms. The van der Waals surface area contributed by atoms with Crippen molar-refractivity contribution in [2.45, 2.75) is 6.54 Å². The highest BCUT2D eigenvalue weighted by Crippen LogP contribution is 2.21. The van der Waals surface area contributed by atoms with E-state index < -0.39 is 0 Å². The van der Waals surface area contributed by atoms with Gasteiger partial charge in [-0.2, -0.15) is 5.26 Å². The van der Waals surface area contributed by atoms with E-state index in [2.05, 4.69) is 20.9 Å². The van der Waals surface area contributed by atoms with Crippen LogP contribution in [0.2, 0.25) is 0 Å². The molecule has 1 heterocycles. The summed E-state index contributed by atoms with van der Waals surface area (Å²) in [4.78, 5) is 6.14. The van der Waals surface area contributed by atoms with Crippen LogP contribution >= 0.6 is 15.9 Å². The Morgan fingerprint density at radius 1 is 1.37 bits per heavy atom. The van der Waals surface area contributed by atoms with Crippen LogP contribution < -0.4 is 4.90 Å². The number of benzene rings is 1. The minimum atomic E-state index is -0.269. The number of aromatic nitrogens is 1. The molecular weight excluding hydrogens is 309 g/mol. The van der Waals surface area contributed by atoms with Crippen molar-refractivity contribution in [3.05, 3.63) is 57.9 Å². The Hall–Kier alpha value is -1.93. The van der Waals surface area contributed by atoms with Crippen molar-refractivity contribution in [2.75, 3.05) is 11.9 Å². The number of nitriles is 1. The normalized spacial score (nSPS) is 10.0. The maximum absolute atomic E-state index is 13.0. The average Bonchev–Trinajstić information content (AvgIpc) is 2.42. The van der Waals surface area contributed by atoms with Crippen molar-refractivity contribution < 1.29 is 4.39 Å². The first-order valence-corrected chi connectivity index (χ1v) is 6.40. The van der Waals surface area contributed by atoms with Gasteiger partial charge in [0.2, 0.25) is 0 Å². The number of rotatable bonds is 3. The highest BCUT2D eigenvalue weighted by Gasteiger charge is 2.07. The van der Waals surface area contributed by atoms with E-state index in [9.17, 15) is 4.39 Å². The molecule has 0 aliphatic rings. The van der Waals surface area contributed by atoms with Crippen molar-refractivity contribution in [2.24, 2.45) is 0 Å². The molecule has 0 aliphatic heterocycles. The highest BCUT2D eigenvalue weighted by atomic mass is 79.9. The lowest BCUT2D eigenvalue weighted by Gasteiger charge is -2.19. The van der Waals surface area contributed by atoms with Gasteiger partial charge < -0.3 is 4.90 Å². The zero-order chi connectivity index (χ0) is 13.8. The molecule has 5 heteroatoms. The summed E-state index contributed by atoms with van der Waals surface area (Å²) in [6, 6.07) is 10.1. The Balaban J connectivity index is 2.16. The van der Waals surface area contributed by atoms with E-state index in [1.807, 2.05) is 18.0 Å². The molecule has 2 aromatic rings. The molecule has 0 fully saturated rings. The van der Waals surface area contributed by atoms with Crippen LogP contribution in [0.3, 0.4) is 0 Å². The van der Waals surface area contributed by atoms with Gasteiger partial charge in [-0.1, -0.05) is 22.0 Å². The molecule has 0 saturated heterocycles. The average molecular weight is 320 g/mol. The quantitative estimate of drug-likeness (QED) is 0.869. The van der Waals surface area contributed by atoms with E-state index in [4.69, 9.17) is 5.26 Å². The van der Waals surface area contributed by atoms with E-state index in [0.29, 0.717) is 12.1 Å². The Morgan fingerprint density at radius 2 is 2.16 bits per heavy atom. The predicted octanol–water partition coefficient (Wildman–Crippen LogP) is 3.49. The smallest absolute Gasteiger partial charge is 0.128 e. The van der Waals surface area contributed by atoms with Crippen LogP contribution in [-0.4, -0.2) is 12.0 Å². The largest absolute Gasteiger partial charge is 0.355 e. The van der Waals surface area contributed by atoms with Crippen molar-refractivity contribution >= 4 is 21.7 Å². The monoisotopic (exact) mass is 319 g/mol. The summed E-state index contributed by atoms with van der Waals surface area (Å²) in [7, 11) is 1.89. The lowest BCUT2D eigenvalue weighted by Crippen LogP contribution is -2.17. The van der Waals surface area contributed by atoms with Crippen LogP contribution in [-0.2, 0) is 6.54 Å². The first-order valence-electron chi connectivity index (χ1n) is 5.61. The fourth-order valence-electron chi connectivity index (χ4n) is 1.66. The lowest BCUT2D eigenvalue weighted by atomic mass is 10.2. The minimum absolute atomic E-state index is 0.269. The molecule has 0 bridgehead atoms. The summed E-state index contributed by atoms with van der Waals surface area (Å²) >= 11 is 3.34. The Kier molecular flexibility index (Phi) is 4.13. The van der Waals surface area contributed by atoms with Crippen LogP contribution in [0.15, 0.2) is 41.0 Å². The molecular formula is C14H11BrFN3. The SMILES string of the molecule is CN(Cc1ccc(F)cc1Br)c1ccc(C#N)cn1. The van der Waals surface area contributed by atoms with E-state index in [1.54, 1.807) is 18.2 Å². The lowest BCUT2D eigenvalue weighted by molar-refractivity contribution is 0.625. The molecule has 3 nitrogen and oxygen atoms in total. The van der Waals surface area contributed by atoms with Gasteiger partial charge in [0, 0.05) is 24.3 Å². The third kappa shape index (κ3) is 3.30. The summed E-state index contributed by atoms with van der Waals surface area (Å²) in [5, 5.41) is 8.72. The van der Waals surface area contributed by atoms with Gasteiger partial charge in [0.1, 0.15) is 17.7 Å². The zero-order valence-electron chi connectivity index (χ0n) is 10.3. The first kappa shape index (κ1) is 13.5. The fourth-order valence-corrected chi connectivity index (χ4v) is 2.14. The molecule has 2 rings (SSSR count). The second-order valence-corrected chi connectivity index (χ2v) is 4.96. The maximum Gasteiger partial charge on any atom is 0.128 e. The van der Waals surface area contributed by atoms with Gasteiger partial charge in [-0.25, -0.2) is 9.37 Å². The molecule has 96 valence electrons. The minimum Gasteiger partial charge on any atom is -0.355 e. The predicted molar refractivity (Wildman–Crippen MR) is 75.2 cm³/mol. The molecule has 0 saturated carbocycles. The number of hydrogen-bond donors (Lipinski definition) is 0. The van der Waals surface area contributed by atoms with Gasteiger partial charge in [0.05, 0.1) is 5.56 Å². The molecule has 0 spiro atoms. The molecule has 0 N–H and O–H groups in total. The van der Waals surface area contributed by atoms with Gasteiger partial charge in [-0.05, 0) is 29.8 Å². The molecule has 1 aromatic carbocycles. The number of hydrogen-bond acceptors (Lipinski definition) is 3. The fraction of sp³-hybridized carbons (Fsp3) is 0.143. The molecule has 1 aromatic heterocycles. The van der Waals surface area contributed by atoms with Crippen molar-refractivity contribution in [1.82, 2.24) is 4.98 Å². The molecule has 0 radical (unpaired) electrons. The summed E-state index contributed by atoms with van der Waals surface area (Å²) in [6.45, 7) is 0.597. The van der Waals surface area contributed by atoms with E-state index >= 15 is 0 Å². The molecule has 0 unspecified atom stereocenters. The number of pyridine rings is 1. The van der Waals surface area contributed by atoms with E-state index in [1.165, 1.54) is 18.3 Å². The third-order valence-electron chi connectivity index (χ3n) is 2.69. The van der Waals surface area contributed by atoms with Crippen molar-refractivity contribution in [3.8, 4) is 6.07 Å². The highest BCUT2D eigenvalue weighted by molar-refractivity contribution is 9.10. The standard InChI is InChI=1S/C14H11BrFN3/c1-19(14-5-2-10(7-17)8-18-14)9-11-3-4-12(16)6-13(11)15/h2-6,8H,9H2,1H3. The van der Waals surface area contributed by atoms with Gasteiger partial charge in [-0.3, -0.25) is 0 Å². The topological polar surface area (TPSA) is 39.9 Å². The van der Waals surface area contributed by atoms with Crippen LogP contribution in [0.5, 0.6) is 0 Å². The number of nitrogens with zero attached hydrogens (tertiary/aromatic N) is 3. The van der Waals surface area contributed by atoms with Crippen molar-refractivity contribution in [1.29, 1.82) is 5.26 Å². The second-order valence-electron chi connectivity index (χ2n) is 4.11. The molecule has 0 aliphatic carbocycles. The van der Waals surface area contributed by atoms with Crippen molar-refractivity contribution in [3.63, 3.8) is 0 Å². The third-order valence-corrected chi connectivity index (χ3v) is 3.43. The van der Waals surface area contributed by atoms with E-state index in [0.717, 1.165) is 15.9 Å². The Morgan fingerprint density at radius 3 is 2.74 bits per heavy atom.